The third kappa shape index (κ3) is 5.54. The molecule has 0 unspecified atom stereocenters. The van der Waals surface area contributed by atoms with Gasteiger partial charge >= 0.3 is 6.03 Å². The molecular weight excluding hydrogens is 286 g/mol. The van der Waals surface area contributed by atoms with E-state index in [-0.39, 0.29) is 12.1 Å². The van der Waals surface area contributed by atoms with Crippen LogP contribution < -0.4 is 5.32 Å². The number of urea groups is 1. The first kappa shape index (κ1) is 17.8. The Morgan fingerprint density at radius 3 is 2.61 bits per heavy atom. The molecule has 0 aromatic heterocycles. The number of hydrogen-bond donors (Lipinski definition) is 1. The summed E-state index contributed by atoms with van der Waals surface area (Å²) in [5.74, 6) is 1.14. The summed E-state index contributed by atoms with van der Waals surface area (Å²) in [5.41, 5.74) is 1.19. The van der Waals surface area contributed by atoms with Gasteiger partial charge in [-0.05, 0) is 44.3 Å². The number of likely N-dealkylation sites (tertiary alicyclic amines) is 1. The van der Waals surface area contributed by atoms with Gasteiger partial charge in [0.25, 0.3) is 0 Å². The quantitative estimate of drug-likeness (QED) is 0.873. The van der Waals surface area contributed by atoms with Gasteiger partial charge in [0.05, 0.1) is 6.04 Å². The van der Waals surface area contributed by atoms with E-state index in [2.05, 4.69) is 50.3 Å². The van der Waals surface area contributed by atoms with Gasteiger partial charge in [0.1, 0.15) is 0 Å². The second-order valence-corrected chi connectivity index (χ2v) is 7.41. The first-order valence-electron chi connectivity index (χ1n) is 8.70. The molecule has 0 radical (unpaired) electrons. The Labute approximate surface area is 140 Å². The minimum Gasteiger partial charge on any atom is -0.331 e. The second kappa shape index (κ2) is 8.34. The van der Waals surface area contributed by atoms with Gasteiger partial charge in [-0.15, -0.1) is 0 Å². The lowest BCUT2D eigenvalue weighted by Gasteiger charge is -2.25. The lowest BCUT2D eigenvalue weighted by atomic mass is 9.97. The first-order valence-corrected chi connectivity index (χ1v) is 8.70. The molecular formula is C19H31N3O. The number of carbonyl (C=O) groups is 1. The molecule has 2 rings (SSSR count). The topological polar surface area (TPSA) is 35.6 Å². The molecule has 0 bridgehead atoms. The summed E-state index contributed by atoms with van der Waals surface area (Å²) in [6.07, 6.45) is 2.07. The van der Waals surface area contributed by atoms with Gasteiger partial charge in [-0.2, -0.15) is 0 Å². The Bertz CT molecular complexity index is 487. The Hall–Kier alpha value is -1.55. The molecule has 1 fully saturated rings. The SMILES string of the molecule is CC(C)C[C@H](NC(=O)N1CC[C@H](CN(C)C)C1)c1ccccc1. The summed E-state index contributed by atoms with van der Waals surface area (Å²) in [7, 11) is 4.19. The van der Waals surface area contributed by atoms with Crippen LogP contribution in [0.2, 0.25) is 0 Å². The zero-order valence-electron chi connectivity index (χ0n) is 15.0. The molecule has 1 heterocycles. The van der Waals surface area contributed by atoms with Crippen molar-refractivity contribution in [2.24, 2.45) is 11.8 Å². The van der Waals surface area contributed by atoms with E-state index in [1.807, 2.05) is 23.1 Å². The van der Waals surface area contributed by atoms with E-state index in [1.165, 1.54) is 5.56 Å². The van der Waals surface area contributed by atoms with E-state index >= 15 is 0 Å². The van der Waals surface area contributed by atoms with Crippen molar-refractivity contribution < 1.29 is 4.79 Å². The molecule has 4 nitrogen and oxygen atoms in total. The molecule has 0 aliphatic carbocycles. The number of hydrogen-bond acceptors (Lipinski definition) is 2. The molecule has 0 spiro atoms. The second-order valence-electron chi connectivity index (χ2n) is 7.41. The van der Waals surface area contributed by atoms with Crippen molar-refractivity contribution in [1.82, 2.24) is 15.1 Å². The van der Waals surface area contributed by atoms with Crippen LogP contribution in [0.25, 0.3) is 0 Å². The zero-order valence-corrected chi connectivity index (χ0v) is 15.0. The molecule has 1 saturated heterocycles. The Balaban J connectivity index is 1.95. The molecule has 0 saturated carbocycles. The van der Waals surface area contributed by atoms with Crippen molar-refractivity contribution in [2.75, 3.05) is 33.7 Å². The van der Waals surface area contributed by atoms with Crippen LogP contribution in [0.15, 0.2) is 30.3 Å². The van der Waals surface area contributed by atoms with Crippen molar-refractivity contribution in [1.29, 1.82) is 0 Å². The van der Waals surface area contributed by atoms with E-state index in [0.29, 0.717) is 11.8 Å². The summed E-state index contributed by atoms with van der Waals surface area (Å²) in [5, 5.41) is 3.25. The number of amides is 2. The van der Waals surface area contributed by atoms with Gasteiger partial charge in [-0.25, -0.2) is 4.79 Å². The van der Waals surface area contributed by atoms with Crippen LogP contribution in [-0.2, 0) is 0 Å². The largest absolute Gasteiger partial charge is 0.331 e. The van der Waals surface area contributed by atoms with Gasteiger partial charge < -0.3 is 15.1 Å². The van der Waals surface area contributed by atoms with Crippen LogP contribution in [0.3, 0.4) is 0 Å². The van der Waals surface area contributed by atoms with E-state index in [1.54, 1.807) is 0 Å². The highest BCUT2D eigenvalue weighted by Crippen LogP contribution is 2.23. The lowest BCUT2D eigenvalue weighted by Crippen LogP contribution is -2.41. The van der Waals surface area contributed by atoms with E-state index in [0.717, 1.165) is 32.5 Å². The zero-order chi connectivity index (χ0) is 16.8. The van der Waals surface area contributed by atoms with Crippen LogP contribution in [0, 0.1) is 11.8 Å². The van der Waals surface area contributed by atoms with Gasteiger partial charge in [0.2, 0.25) is 0 Å². The maximum atomic E-state index is 12.6. The molecule has 128 valence electrons. The van der Waals surface area contributed by atoms with E-state index < -0.39 is 0 Å². The van der Waals surface area contributed by atoms with Crippen molar-refractivity contribution in [3.05, 3.63) is 35.9 Å². The minimum absolute atomic E-state index is 0.0840. The normalized spacial score (nSPS) is 19.4. The molecule has 1 aromatic carbocycles. The Kier molecular flexibility index (Phi) is 6.46. The highest BCUT2D eigenvalue weighted by molar-refractivity contribution is 5.75. The highest BCUT2D eigenvalue weighted by Gasteiger charge is 2.28. The Morgan fingerprint density at radius 1 is 1.30 bits per heavy atom. The maximum Gasteiger partial charge on any atom is 0.317 e. The van der Waals surface area contributed by atoms with Crippen LogP contribution in [0.5, 0.6) is 0 Å². The van der Waals surface area contributed by atoms with Gasteiger partial charge in [-0.3, -0.25) is 0 Å². The standard InChI is InChI=1S/C19H31N3O/c1-15(2)12-18(17-8-6-5-7-9-17)20-19(23)22-11-10-16(14-22)13-21(3)4/h5-9,15-16,18H,10-14H2,1-4H3,(H,20,23)/t16-,18+/m1/s1. The van der Waals surface area contributed by atoms with Crippen molar-refractivity contribution in [3.63, 3.8) is 0 Å². The van der Waals surface area contributed by atoms with Crippen molar-refractivity contribution >= 4 is 6.03 Å². The summed E-state index contributed by atoms with van der Waals surface area (Å²) >= 11 is 0. The number of nitrogens with zero attached hydrogens (tertiary/aromatic N) is 2. The first-order chi connectivity index (χ1) is 11.0. The van der Waals surface area contributed by atoms with E-state index in [9.17, 15) is 4.79 Å². The van der Waals surface area contributed by atoms with Crippen LogP contribution in [0.1, 0.15) is 38.3 Å². The molecule has 2 amide bonds. The Morgan fingerprint density at radius 2 is 2.00 bits per heavy atom. The average Bonchev–Trinajstić information content (AvgIpc) is 2.95. The van der Waals surface area contributed by atoms with Gasteiger partial charge in [0, 0.05) is 19.6 Å². The predicted octanol–water partition coefficient (Wildman–Crippen LogP) is 3.37. The molecule has 1 N–H and O–H groups in total. The average molecular weight is 317 g/mol. The summed E-state index contributed by atoms with van der Waals surface area (Å²) in [4.78, 5) is 16.8. The van der Waals surface area contributed by atoms with E-state index in [4.69, 9.17) is 0 Å². The lowest BCUT2D eigenvalue weighted by molar-refractivity contribution is 0.199. The number of benzene rings is 1. The van der Waals surface area contributed by atoms with Gasteiger partial charge in [0.15, 0.2) is 0 Å². The smallest absolute Gasteiger partial charge is 0.317 e. The minimum atomic E-state index is 0.0840. The molecule has 4 heteroatoms. The van der Waals surface area contributed by atoms with Gasteiger partial charge in [-0.1, -0.05) is 44.2 Å². The fourth-order valence-electron chi connectivity index (χ4n) is 3.36. The fraction of sp³-hybridized carbons (Fsp3) is 0.632. The summed E-state index contributed by atoms with van der Waals surface area (Å²) < 4.78 is 0. The van der Waals surface area contributed by atoms with Crippen LogP contribution in [0.4, 0.5) is 4.79 Å². The molecule has 1 aliphatic rings. The molecule has 1 aromatic rings. The third-order valence-corrected chi connectivity index (χ3v) is 4.40. The van der Waals surface area contributed by atoms with Crippen molar-refractivity contribution in [2.45, 2.75) is 32.7 Å². The number of rotatable bonds is 6. The maximum absolute atomic E-state index is 12.6. The fourth-order valence-corrected chi connectivity index (χ4v) is 3.36. The molecule has 2 atom stereocenters. The van der Waals surface area contributed by atoms with Crippen LogP contribution >= 0.6 is 0 Å². The summed E-state index contributed by atoms with van der Waals surface area (Å²) in [6.45, 7) is 7.19. The highest BCUT2D eigenvalue weighted by atomic mass is 16.2. The van der Waals surface area contributed by atoms with Crippen molar-refractivity contribution in [3.8, 4) is 0 Å². The molecule has 23 heavy (non-hydrogen) atoms. The monoisotopic (exact) mass is 317 g/mol. The predicted molar refractivity (Wildman–Crippen MR) is 95.4 cm³/mol. The summed E-state index contributed by atoms with van der Waals surface area (Å²) in [6, 6.07) is 10.5. The number of nitrogens with one attached hydrogen (secondary N) is 1. The number of carbonyl (C=O) groups excluding carboxylic acids is 1. The van der Waals surface area contributed by atoms with Crippen LogP contribution in [-0.4, -0.2) is 49.6 Å². The molecule has 1 aliphatic heterocycles. The third-order valence-electron chi connectivity index (χ3n) is 4.40.